The quantitative estimate of drug-likeness (QED) is 0.712. The fraction of sp³-hybridized carbons (Fsp3) is 0.294. The average molecular weight is 374 g/mol. The molecule has 0 saturated carbocycles. The maximum Gasteiger partial charge on any atom is 0.301 e. The fourth-order valence-corrected chi connectivity index (χ4v) is 4.25. The number of para-hydroxylation sites is 1. The van der Waals surface area contributed by atoms with Gasteiger partial charge in [0.15, 0.2) is 5.76 Å². The first kappa shape index (κ1) is 16.8. The normalized spacial score (nSPS) is 15.4. The van der Waals surface area contributed by atoms with Crippen molar-refractivity contribution < 1.29 is 17.4 Å². The van der Waals surface area contributed by atoms with E-state index in [4.69, 9.17) is 8.94 Å². The van der Waals surface area contributed by atoms with Gasteiger partial charge in [0.25, 0.3) is 0 Å². The van der Waals surface area contributed by atoms with Crippen LogP contribution in [0.25, 0.3) is 11.6 Å². The van der Waals surface area contributed by atoms with E-state index in [0.29, 0.717) is 42.7 Å². The molecule has 0 aliphatic carbocycles. The third-order valence-electron chi connectivity index (χ3n) is 4.21. The Kier molecular flexibility index (Phi) is 4.48. The number of benzene rings is 1. The maximum absolute atomic E-state index is 12.5. The minimum atomic E-state index is -3.56. The van der Waals surface area contributed by atoms with E-state index in [1.165, 1.54) is 10.6 Å². The SMILES string of the molecule is O=S(=O)(Nc1ccccc1Cc1nc(-c2ccco2)no1)N1CCCC1. The molecule has 1 N–H and O–H groups in total. The molecule has 0 amide bonds. The van der Waals surface area contributed by atoms with E-state index in [1.54, 1.807) is 24.3 Å². The molecule has 26 heavy (non-hydrogen) atoms. The highest BCUT2D eigenvalue weighted by molar-refractivity contribution is 7.90. The first-order chi connectivity index (χ1) is 12.6. The van der Waals surface area contributed by atoms with E-state index in [0.717, 1.165) is 18.4 Å². The Labute approximate surface area is 151 Å². The molecule has 8 nitrogen and oxygen atoms in total. The molecule has 2 aromatic heterocycles. The lowest BCUT2D eigenvalue weighted by Crippen LogP contribution is -2.33. The molecule has 4 rings (SSSR count). The molecule has 1 fully saturated rings. The van der Waals surface area contributed by atoms with Gasteiger partial charge in [-0.3, -0.25) is 4.72 Å². The zero-order valence-corrected chi connectivity index (χ0v) is 14.8. The smallest absolute Gasteiger partial charge is 0.301 e. The topological polar surface area (TPSA) is 101 Å². The number of rotatable bonds is 6. The molecular formula is C17H18N4O4S. The van der Waals surface area contributed by atoms with Crippen LogP contribution in [0.15, 0.2) is 51.6 Å². The molecule has 0 unspecified atom stereocenters. The molecule has 1 aliphatic rings. The third kappa shape index (κ3) is 3.49. The third-order valence-corrected chi connectivity index (χ3v) is 5.74. The van der Waals surface area contributed by atoms with Gasteiger partial charge in [-0.05, 0) is 36.6 Å². The van der Waals surface area contributed by atoms with Crippen LogP contribution >= 0.6 is 0 Å². The van der Waals surface area contributed by atoms with Crippen molar-refractivity contribution in [2.75, 3.05) is 17.8 Å². The van der Waals surface area contributed by atoms with Gasteiger partial charge < -0.3 is 8.94 Å². The molecule has 1 aliphatic heterocycles. The number of nitrogens with zero attached hydrogens (tertiary/aromatic N) is 3. The number of anilines is 1. The Balaban J connectivity index is 1.54. The van der Waals surface area contributed by atoms with Gasteiger partial charge in [0, 0.05) is 13.1 Å². The predicted octanol–water partition coefficient (Wildman–Crippen LogP) is 2.67. The van der Waals surface area contributed by atoms with Crippen LogP contribution in [0, 0.1) is 0 Å². The molecule has 1 saturated heterocycles. The molecule has 9 heteroatoms. The summed E-state index contributed by atoms with van der Waals surface area (Å²) in [4.78, 5) is 4.30. The van der Waals surface area contributed by atoms with Gasteiger partial charge in [0.2, 0.25) is 11.7 Å². The summed E-state index contributed by atoms with van der Waals surface area (Å²) in [5, 5.41) is 3.90. The van der Waals surface area contributed by atoms with Crippen LogP contribution in [0.1, 0.15) is 24.3 Å². The zero-order valence-electron chi connectivity index (χ0n) is 14.0. The van der Waals surface area contributed by atoms with Gasteiger partial charge in [-0.1, -0.05) is 23.4 Å². The Morgan fingerprint density at radius 2 is 1.92 bits per heavy atom. The van der Waals surface area contributed by atoms with E-state index in [9.17, 15) is 8.42 Å². The Bertz CT molecular complexity index is 976. The summed E-state index contributed by atoms with van der Waals surface area (Å²) in [5.41, 5.74) is 1.27. The van der Waals surface area contributed by atoms with Crippen molar-refractivity contribution in [3.8, 4) is 11.6 Å². The Morgan fingerprint density at radius 3 is 2.69 bits per heavy atom. The predicted molar refractivity (Wildman–Crippen MR) is 94.6 cm³/mol. The van der Waals surface area contributed by atoms with Gasteiger partial charge in [-0.25, -0.2) is 0 Å². The maximum atomic E-state index is 12.5. The monoisotopic (exact) mass is 374 g/mol. The summed E-state index contributed by atoms with van der Waals surface area (Å²) in [6.45, 7) is 1.10. The molecule has 1 aromatic carbocycles. The standard InChI is InChI=1S/C17H18N4O4S/c22-26(23,21-9-3-4-10-21)20-14-7-2-1-6-13(14)12-16-18-17(19-25-16)15-8-5-11-24-15/h1-2,5-8,11,20H,3-4,9-10,12H2. The van der Waals surface area contributed by atoms with Crippen LogP contribution in [-0.2, 0) is 16.6 Å². The van der Waals surface area contributed by atoms with Crippen LogP contribution < -0.4 is 4.72 Å². The lowest BCUT2D eigenvalue weighted by molar-refractivity contribution is 0.384. The summed E-state index contributed by atoms with van der Waals surface area (Å²) >= 11 is 0. The van der Waals surface area contributed by atoms with Crippen molar-refractivity contribution >= 4 is 15.9 Å². The molecule has 0 radical (unpaired) electrons. The second kappa shape index (κ2) is 6.93. The minimum absolute atomic E-state index is 0.312. The lowest BCUT2D eigenvalue weighted by Gasteiger charge is -2.18. The van der Waals surface area contributed by atoms with Crippen LogP contribution in [0.4, 0.5) is 5.69 Å². The second-order valence-corrected chi connectivity index (χ2v) is 7.71. The fourth-order valence-electron chi connectivity index (χ4n) is 2.90. The molecular weight excluding hydrogens is 356 g/mol. The molecule has 0 atom stereocenters. The van der Waals surface area contributed by atoms with E-state index in [-0.39, 0.29) is 0 Å². The van der Waals surface area contributed by atoms with Crippen molar-refractivity contribution in [2.45, 2.75) is 19.3 Å². The van der Waals surface area contributed by atoms with Crippen LogP contribution in [0.3, 0.4) is 0 Å². The van der Waals surface area contributed by atoms with Crippen LogP contribution in [0.5, 0.6) is 0 Å². The first-order valence-electron chi connectivity index (χ1n) is 8.34. The van der Waals surface area contributed by atoms with E-state index < -0.39 is 10.2 Å². The number of aromatic nitrogens is 2. The van der Waals surface area contributed by atoms with Gasteiger partial charge in [0.05, 0.1) is 18.4 Å². The van der Waals surface area contributed by atoms with Crippen molar-refractivity contribution in [3.63, 3.8) is 0 Å². The number of furan rings is 1. The van der Waals surface area contributed by atoms with Crippen molar-refractivity contribution in [2.24, 2.45) is 0 Å². The number of hydrogen-bond donors (Lipinski definition) is 1. The van der Waals surface area contributed by atoms with Gasteiger partial charge in [0.1, 0.15) is 0 Å². The molecule has 3 aromatic rings. The summed E-state index contributed by atoms with van der Waals surface area (Å²) < 4.78 is 39.7. The summed E-state index contributed by atoms with van der Waals surface area (Å²) in [6, 6.07) is 10.7. The number of nitrogens with one attached hydrogen (secondary N) is 1. The summed E-state index contributed by atoms with van der Waals surface area (Å²) in [5.74, 6) is 1.26. The zero-order chi connectivity index (χ0) is 18.0. The highest BCUT2D eigenvalue weighted by Gasteiger charge is 2.26. The number of hydrogen-bond acceptors (Lipinski definition) is 6. The van der Waals surface area contributed by atoms with Gasteiger partial charge in [-0.15, -0.1) is 0 Å². The largest absolute Gasteiger partial charge is 0.461 e. The highest BCUT2D eigenvalue weighted by atomic mass is 32.2. The van der Waals surface area contributed by atoms with Gasteiger partial charge in [-0.2, -0.15) is 17.7 Å². The van der Waals surface area contributed by atoms with Crippen molar-refractivity contribution in [1.29, 1.82) is 0 Å². The summed E-state index contributed by atoms with van der Waals surface area (Å²) in [6.07, 6.45) is 3.63. The molecule has 0 spiro atoms. The van der Waals surface area contributed by atoms with Crippen LogP contribution in [-0.4, -0.2) is 36.0 Å². The lowest BCUT2D eigenvalue weighted by atomic mass is 10.1. The van der Waals surface area contributed by atoms with Crippen LogP contribution in [0.2, 0.25) is 0 Å². The Hall–Kier alpha value is -2.65. The second-order valence-electron chi connectivity index (χ2n) is 6.04. The first-order valence-corrected chi connectivity index (χ1v) is 9.78. The molecule has 0 bridgehead atoms. The average Bonchev–Trinajstić information content (AvgIpc) is 3.39. The minimum Gasteiger partial charge on any atom is -0.461 e. The Morgan fingerprint density at radius 1 is 1.12 bits per heavy atom. The van der Waals surface area contributed by atoms with E-state index in [1.807, 2.05) is 12.1 Å². The molecule has 136 valence electrons. The van der Waals surface area contributed by atoms with E-state index >= 15 is 0 Å². The van der Waals surface area contributed by atoms with Crippen molar-refractivity contribution in [1.82, 2.24) is 14.4 Å². The molecule has 3 heterocycles. The highest BCUT2D eigenvalue weighted by Crippen LogP contribution is 2.23. The van der Waals surface area contributed by atoms with Crippen molar-refractivity contribution in [3.05, 3.63) is 54.1 Å². The summed E-state index contributed by atoms with van der Waals surface area (Å²) in [7, 11) is -3.56. The van der Waals surface area contributed by atoms with Gasteiger partial charge >= 0.3 is 10.2 Å². The van der Waals surface area contributed by atoms with E-state index in [2.05, 4.69) is 14.9 Å².